The van der Waals surface area contributed by atoms with Crippen LogP contribution in [0, 0.1) is 0 Å². The molecule has 1 N–H and O–H groups in total. The summed E-state index contributed by atoms with van der Waals surface area (Å²) in [6.45, 7) is 7.84. The first-order valence-electron chi connectivity index (χ1n) is 8.34. The van der Waals surface area contributed by atoms with Gasteiger partial charge < -0.3 is 24.1 Å². The molecule has 132 valence electrons. The summed E-state index contributed by atoms with van der Waals surface area (Å²) in [6.07, 6.45) is 1.64. The van der Waals surface area contributed by atoms with Crippen LogP contribution in [0.4, 0.5) is 0 Å². The van der Waals surface area contributed by atoms with Crippen molar-refractivity contribution < 1.29 is 24.1 Å². The predicted molar refractivity (Wildman–Crippen MR) is 90.2 cm³/mol. The molecule has 0 unspecified atom stereocenters. The van der Waals surface area contributed by atoms with Crippen molar-refractivity contribution in [3.05, 3.63) is 42.0 Å². The van der Waals surface area contributed by atoms with E-state index in [0.29, 0.717) is 6.61 Å². The van der Waals surface area contributed by atoms with Crippen molar-refractivity contribution in [3.8, 4) is 0 Å². The Morgan fingerprint density at radius 1 is 1.04 bits per heavy atom. The van der Waals surface area contributed by atoms with Gasteiger partial charge in [0.15, 0.2) is 11.6 Å². The number of ether oxygens (including phenoxy) is 4. The van der Waals surface area contributed by atoms with Crippen LogP contribution >= 0.6 is 0 Å². The first kappa shape index (κ1) is 17.6. The second-order valence-corrected chi connectivity index (χ2v) is 7.19. The molecular weight excluding hydrogens is 308 g/mol. The summed E-state index contributed by atoms with van der Waals surface area (Å²) in [5, 5.41) is 10.6. The van der Waals surface area contributed by atoms with Crippen LogP contribution in [0.1, 0.15) is 33.3 Å². The molecule has 3 rings (SSSR count). The third kappa shape index (κ3) is 4.05. The predicted octanol–water partition coefficient (Wildman–Crippen LogP) is 2.73. The molecule has 0 spiro atoms. The van der Waals surface area contributed by atoms with E-state index in [1.165, 1.54) is 0 Å². The Bertz CT molecular complexity index is 581. The van der Waals surface area contributed by atoms with Crippen LogP contribution in [0.15, 0.2) is 36.4 Å². The van der Waals surface area contributed by atoms with Gasteiger partial charge in [-0.05, 0) is 33.3 Å². The lowest BCUT2D eigenvalue weighted by molar-refractivity contribution is -0.175. The van der Waals surface area contributed by atoms with E-state index in [1.54, 1.807) is 6.08 Å². The quantitative estimate of drug-likeness (QED) is 0.917. The fourth-order valence-corrected chi connectivity index (χ4v) is 3.13. The summed E-state index contributed by atoms with van der Waals surface area (Å²) in [6, 6.07) is 9.83. The molecule has 0 bridgehead atoms. The van der Waals surface area contributed by atoms with Crippen molar-refractivity contribution in [2.24, 2.45) is 0 Å². The fraction of sp³-hybridized carbons (Fsp3) is 0.579. The molecule has 0 aromatic heterocycles. The molecule has 0 radical (unpaired) electrons. The van der Waals surface area contributed by atoms with Gasteiger partial charge in [-0.15, -0.1) is 0 Å². The highest BCUT2D eigenvalue weighted by Gasteiger charge is 2.51. The third-order valence-electron chi connectivity index (χ3n) is 4.18. The Labute approximate surface area is 143 Å². The highest BCUT2D eigenvalue weighted by atomic mass is 16.8. The first-order chi connectivity index (χ1) is 11.3. The van der Waals surface area contributed by atoms with E-state index >= 15 is 0 Å². The largest absolute Gasteiger partial charge is 0.386 e. The molecule has 24 heavy (non-hydrogen) atoms. The van der Waals surface area contributed by atoms with Gasteiger partial charge in [0.25, 0.3) is 0 Å². The third-order valence-corrected chi connectivity index (χ3v) is 4.18. The van der Waals surface area contributed by atoms with Crippen molar-refractivity contribution >= 4 is 6.08 Å². The van der Waals surface area contributed by atoms with Gasteiger partial charge >= 0.3 is 0 Å². The lowest BCUT2D eigenvalue weighted by Crippen LogP contribution is -2.43. The van der Waals surface area contributed by atoms with Crippen molar-refractivity contribution in [2.75, 3.05) is 6.61 Å². The zero-order valence-electron chi connectivity index (χ0n) is 14.6. The van der Waals surface area contributed by atoms with Crippen LogP contribution in [-0.2, 0) is 18.9 Å². The molecule has 2 heterocycles. The minimum absolute atomic E-state index is 0.272. The fourth-order valence-electron chi connectivity index (χ4n) is 3.13. The zero-order chi connectivity index (χ0) is 17.4. The highest BCUT2D eigenvalue weighted by Crippen LogP contribution is 2.37. The van der Waals surface area contributed by atoms with Crippen molar-refractivity contribution in [2.45, 2.75) is 63.7 Å². The average molecular weight is 334 g/mol. The van der Waals surface area contributed by atoms with E-state index in [-0.39, 0.29) is 6.10 Å². The van der Waals surface area contributed by atoms with Crippen molar-refractivity contribution in [1.29, 1.82) is 0 Å². The number of hydrogen-bond donors (Lipinski definition) is 1. The van der Waals surface area contributed by atoms with Gasteiger partial charge in [0, 0.05) is 0 Å². The van der Waals surface area contributed by atoms with E-state index in [4.69, 9.17) is 18.9 Å². The summed E-state index contributed by atoms with van der Waals surface area (Å²) in [5.74, 6) is -1.41. The van der Waals surface area contributed by atoms with Gasteiger partial charge in [-0.25, -0.2) is 0 Å². The van der Waals surface area contributed by atoms with E-state index in [1.807, 2.05) is 64.1 Å². The topological polar surface area (TPSA) is 57.2 Å². The summed E-state index contributed by atoms with van der Waals surface area (Å²) >= 11 is 0. The Balaban J connectivity index is 1.73. The monoisotopic (exact) mass is 334 g/mol. The molecule has 2 saturated heterocycles. The van der Waals surface area contributed by atoms with Crippen LogP contribution in [0.3, 0.4) is 0 Å². The summed E-state index contributed by atoms with van der Waals surface area (Å²) in [5.41, 5.74) is 1.02. The summed E-state index contributed by atoms with van der Waals surface area (Å²) < 4.78 is 23.5. The standard InChI is InChI=1S/C19H26O5/c1-18(2)21-12-15(22-18)17-16(23-19(3,4)24-17)14(20)11-10-13-8-6-5-7-9-13/h5-11,14-17,20H,12H2,1-4H3/b11-10+/t14-,15-,16-,17-/m1/s1. The molecule has 0 amide bonds. The number of rotatable bonds is 4. The Morgan fingerprint density at radius 2 is 1.75 bits per heavy atom. The van der Waals surface area contributed by atoms with Gasteiger partial charge in [-0.2, -0.15) is 0 Å². The van der Waals surface area contributed by atoms with E-state index < -0.39 is 29.9 Å². The maximum absolute atomic E-state index is 10.6. The molecule has 2 aliphatic rings. The molecule has 2 aliphatic heterocycles. The highest BCUT2D eigenvalue weighted by molar-refractivity contribution is 5.49. The Kier molecular flexibility index (Phi) is 4.82. The van der Waals surface area contributed by atoms with Crippen molar-refractivity contribution in [1.82, 2.24) is 0 Å². The molecule has 1 aromatic rings. The maximum atomic E-state index is 10.6. The summed E-state index contributed by atoms with van der Waals surface area (Å²) in [7, 11) is 0. The lowest BCUT2D eigenvalue weighted by Gasteiger charge is -2.25. The number of aliphatic hydroxyl groups excluding tert-OH is 1. The maximum Gasteiger partial charge on any atom is 0.164 e. The van der Waals surface area contributed by atoms with Crippen LogP contribution in [0.2, 0.25) is 0 Å². The number of benzene rings is 1. The molecule has 4 atom stereocenters. The Morgan fingerprint density at radius 3 is 2.38 bits per heavy atom. The molecule has 5 heteroatoms. The molecule has 0 saturated carbocycles. The lowest BCUT2D eigenvalue weighted by atomic mass is 10.0. The van der Waals surface area contributed by atoms with Crippen LogP contribution < -0.4 is 0 Å². The molecule has 0 aliphatic carbocycles. The van der Waals surface area contributed by atoms with Crippen LogP contribution in [0.25, 0.3) is 6.08 Å². The van der Waals surface area contributed by atoms with Gasteiger partial charge in [-0.1, -0.05) is 42.5 Å². The minimum atomic E-state index is -0.802. The smallest absolute Gasteiger partial charge is 0.164 e. The SMILES string of the molecule is CC1(C)O[C@H]([C@H](O)/C=C/c2ccccc2)[C@@H]([C@H]2COC(C)(C)O2)O1. The molecule has 1 aromatic carbocycles. The van der Waals surface area contributed by atoms with Crippen LogP contribution in [0.5, 0.6) is 0 Å². The molecular formula is C19H26O5. The van der Waals surface area contributed by atoms with Gasteiger partial charge in [-0.3, -0.25) is 0 Å². The van der Waals surface area contributed by atoms with E-state index in [9.17, 15) is 5.11 Å². The summed E-state index contributed by atoms with van der Waals surface area (Å²) in [4.78, 5) is 0. The molecule has 5 nitrogen and oxygen atoms in total. The van der Waals surface area contributed by atoms with Gasteiger partial charge in [0.1, 0.15) is 24.4 Å². The molecule has 2 fully saturated rings. The second-order valence-electron chi connectivity index (χ2n) is 7.19. The van der Waals surface area contributed by atoms with Crippen molar-refractivity contribution in [3.63, 3.8) is 0 Å². The van der Waals surface area contributed by atoms with E-state index in [0.717, 1.165) is 5.56 Å². The first-order valence-corrected chi connectivity index (χ1v) is 8.34. The number of aliphatic hydroxyl groups is 1. The van der Waals surface area contributed by atoms with Gasteiger partial charge in [0.2, 0.25) is 0 Å². The number of hydrogen-bond acceptors (Lipinski definition) is 5. The minimum Gasteiger partial charge on any atom is -0.386 e. The Hall–Kier alpha value is -1.24. The second kappa shape index (κ2) is 6.58. The van der Waals surface area contributed by atoms with Gasteiger partial charge in [0.05, 0.1) is 6.61 Å². The van der Waals surface area contributed by atoms with Crippen LogP contribution in [-0.4, -0.2) is 47.7 Å². The zero-order valence-corrected chi connectivity index (χ0v) is 14.6. The average Bonchev–Trinajstić information content (AvgIpc) is 3.05. The normalized spacial score (nSPS) is 33.1. The van der Waals surface area contributed by atoms with E-state index in [2.05, 4.69) is 0 Å².